The highest BCUT2D eigenvalue weighted by Crippen LogP contribution is 2.44. The minimum atomic E-state index is -1.65. The van der Waals surface area contributed by atoms with E-state index in [9.17, 15) is 19.2 Å². The molecule has 2 N–H and O–H groups in total. The zero-order valence-corrected chi connectivity index (χ0v) is 44.0. The number of thioether (sulfide) groups is 2. The summed E-state index contributed by atoms with van der Waals surface area (Å²) in [6.07, 6.45) is 1.69. The number of esters is 2. The Morgan fingerprint density at radius 3 is 2.08 bits per heavy atom. The molecule has 5 heterocycles. The van der Waals surface area contributed by atoms with E-state index in [2.05, 4.69) is 25.8 Å². The zero-order chi connectivity index (χ0) is 51.3. The normalized spacial score (nSPS) is 16.1. The summed E-state index contributed by atoms with van der Waals surface area (Å²) in [4.78, 5) is 78.0. The number of thiazole rings is 2. The van der Waals surface area contributed by atoms with Crippen LogP contribution < -0.4 is 15.4 Å². The number of hydrogen-bond acceptors (Lipinski definition) is 17. The van der Waals surface area contributed by atoms with Crippen LogP contribution in [-0.4, -0.2) is 90.5 Å². The minimum Gasteiger partial charge on any atom is -0.497 e. The van der Waals surface area contributed by atoms with Crippen molar-refractivity contribution in [3.05, 3.63) is 178 Å². The number of nitrogens with one attached hydrogen (secondary N) is 2. The number of β-lactam (4-membered cyclic amide) rings is 1. The van der Waals surface area contributed by atoms with Crippen LogP contribution in [0.25, 0.3) is 10.3 Å². The molecular weight excluding hydrogens is 1000 g/mol. The highest BCUT2D eigenvalue weighted by Gasteiger charge is 2.55. The van der Waals surface area contributed by atoms with Gasteiger partial charge in [0.05, 0.1) is 11.8 Å². The molecule has 7 aromatic rings. The number of carbonyl (C=O) groups excluding carboxylic acids is 4. The van der Waals surface area contributed by atoms with Gasteiger partial charge in [-0.15, -0.1) is 34.4 Å². The van der Waals surface area contributed by atoms with Crippen LogP contribution in [0.15, 0.2) is 160 Å². The summed E-state index contributed by atoms with van der Waals surface area (Å²) < 4.78 is 18.5. The number of ether oxygens (including phenoxy) is 3. The average Bonchev–Trinajstić information content (AvgIpc) is 4.05. The monoisotopic (exact) mass is 1050 g/mol. The van der Waals surface area contributed by atoms with Crippen LogP contribution in [0.4, 0.5) is 5.13 Å². The first-order valence-corrected chi connectivity index (χ1v) is 26.9. The third kappa shape index (κ3) is 11.1. The van der Waals surface area contributed by atoms with E-state index >= 15 is 0 Å². The summed E-state index contributed by atoms with van der Waals surface area (Å²) >= 11 is 5.58. The van der Waals surface area contributed by atoms with Gasteiger partial charge >= 0.3 is 11.9 Å². The number of anilines is 1. The predicted molar refractivity (Wildman–Crippen MR) is 285 cm³/mol. The number of pyridine rings is 1. The maximum atomic E-state index is 14.8. The molecule has 1 unspecified atom stereocenters. The van der Waals surface area contributed by atoms with Crippen LogP contribution in [0, 0.1) is 0 Å². The van der Waals surface area contributed by atoms with Crippen molar-refractivity contribution in [1.82, 2.24) is 25.2 Å². The van der Waals surface area contributed by atoms with Crippen LogP contribution >= 0.6 is 46.2 Å². The van der Waals surface area contributed by atoms with E-state index in [1.807, 2.05) is 103 Å². The molecule has 2 aliphatic heterocycles. The van der Waals surface area contributed by atoms with Gasteiger partial charge in [-0.3, -0.25) is 14.5 Å². The van der Waals surface area contributed by atoms with Gasteiger partial charge in [-0.05, 0) is 86.7 Å². The SMILES string of the molecule is COc1ccc(COC(=O)C2=C(CSc3nc4ncccc4s3)CS[C@H]3C(NC(=O)/C(=N\OC(C)(C)C(=O)OC(C)(C)C)c4csc(NC(c5ccccc5)(c5ccccc5)c5ccccc5)n4)C(=O)N23)cc1. The van der Waals surface area contributed by atoms with Crippen molar-refractivity contribution in [2.75, 3.05) is 23.9 Å². The van der Waals surface area contributed by atoms with Gasteiger partial charge in [-0.1, -0.05) is 120 Å². The maximum Gasteiger partial charge on any atom is 0.355 e. The number of aromatic nitrogens is 3. The van der Waals surface area contributed by atoms with Crippen LogP contribution in [0.1, 0.15) is 62.6 Å². The number of amides is 2. The molecule has 3 aromatic heterocycles. The van der Waals surface area contributed by atoms with E-state index in [0.29, 0.717) is 33.6 Å². The van der Waals surface area contributed by atoms with Gasteiger partial charge in [-0.25, -0.2) is 24.5 Å². The maximum absolute atomic E-state index is 14.8. The number of benzene rings is 4. The number of methoxy groups -OCH3 is 1. The summed E-state index contributed by atoms with van der Waals surface area (Å²) in [7, 11) is 1.57. The number of hydrogen-bond donors (Lipinski definition) is 2. The molecule has 0 aliphatic carbocycles. The highest BCUT2D eigenvalue weighted by molar-refractivity contribution is 8.02. The molecule has 9 rings (SSSR count). The number of rotatable bonds is 18. The molecule has 1 saturated heterocycles. The Labute approximate surface area is 438 Å². The van der Waals surface area contributed by atoms with E-state index in [4.69, 9.17) is 24.0 Å². The second kappa shape index (κ2) is 21.6. The Balaban J connectivity index is 1.02. The number of oxime groups is 1. The van der Waals surface area contributed by atoms with Gasteiger partial charge in [0.25, 0.3) is 11.8 Å². The molecule has 0 radical (unpaired) electrons. The van der Waals surface area contributed by atoms with Gasteiger partial charge in [0.2, 0.25) is 5.60 Å². The van der Waals surface area contributed by atoms with E-state index in [-0.39, 0.29) is 23.7 Å². The molecule has 0 spiro atoms. The van der Waals surface area contributed by atoms with Crippen molar-refractivity contribution in [3.8, 4) is 5.75 Å². The lowest BCUT2D eigenvalue weighted by atomic mass is 9.77. The van der Waals surface area contributed by atoms with Crippen molar-refractivity contribution < 1.29 is 38.2 Å². The first-order valence-electron chi connectivity index (χ1n) is 23.2. The fourth-order valence-corrected chi connectivity index (χ4v) is 12.3. The van der Waals surface area contributed by atoms with E-state index in [0.717, 1.165) is 31.3 Å². The highest BCUT2D eigenvalue weighted by atomic mass is 32.2. The first kappa shape index (κ1) is 50.9. The molecule has 2 aliphatic rings. The van der Waals surface area contributed by atoms with Crippen LogP contribution in [0.2, 0.25) is 0 Å². The Bertz CT molecular complexity index is 3070. The molecule has 73 heavy (non-hydrogen) atoms. The van der Waals surface area contributed by atoms with E-state index in [1.54, 1.807) is 63.7 Å². The fraction of sp³-hybridized carbons (Fsp3) is 0.259. The smallest absolute Gasteiger partial charge is 0.355 e. The molecule has 1 fully saturated rings. The molecule has 374 valence electrons. The third-order valence-electron chi connectivity index (χ3n) is 11.7. The standard InChI is InChI=1S/C54H51N7O8S4/c1-52(2,3)68-49(65)53(4,5)69-60-41(39-32-71-50(56-39)59-54(35-17-10-7-11-18-35,36-19-12-8-13-20-36)37-21-14-9-15-22-37)45(62)57-42-46(63)61-43(48(64)67-29-33-24-26-38(66-6)27-25-33)34(30-70-47(42)61)31-72-51-58-44-40(73-51)23-16-28-55-44/h7-28,32,42,47H,29-31H2,1-6H3,(H,56,59)(H,57,62)/b60-41-/t42?,47-/m0/s1. The lowest BCUT2D eigenvalue weighted by Gasteiger charge is -2.49. The van der Waals surface area contributed by atoms with Gasteiger partial charge in [-0.2, -0.15) is 0 Å². The molecule has 2 amide bonds. The topological polar surface area (TPSA) is 184 Å². The summed E-state index contributed by atoms with van der Waals surface area (Å²) in [5.41, 5.74) is 1.33. The van der Waals surface area contributed by atoms with Crippen molar-refractivity contribution in [3.63, 3.8) is 0 Å². The van der Waals surface area contributed by atoms with Gasteiger partial charge in [0.15, 0.2) is 20.8 Å². The molecule has 0 saturated carbocycles. The fourth-order valence-electron chi connectivity index (χ4n) is 8.07. The lowest BCUT2D eigenvalue weighted by molar-refractivity contribution is -0.179. The summed E-state index contributed by atoms with van der Waals surface area (Å²) in [5, 5.41) is 12.3. The number of fused-ring (bicyclic) bond motifs is 2. The quantitative estimate of drug-likeness (QED) is 0.0207. The molecule has 0 bridgehead atoms. The van der Waals surface area contributed by atoms with Crippen LogP contribution in [0.3, 0.4) is 0 Å². The van der Waals surface area contributed by atoms with Crippen LogP contribution in [0.5, 0.6) is 5.75 Å². The Morgan fingerprint density at radius 1 is 0.836 bits per heavy atom. The van der Waals surface area contributed by atoms with Crippen molar-refractivity contribution >= 4 is 91.1 Å². The zero-order valence-electron chi connectivity index (χ0n) is 40.7. The molecular formula is C54H51N7O8S4. The first-order chi connectivity index (χ1) is 35.1. The number of carbonyl (C=O) groups is 4. The third-order valence-corrected chi connectivity index (χ3v) is 16.0. The lowest BCUT2D eigenvalue weighted by Crippen LogP contribution is -2.71. The average molecular weight is 1050 g/mol. The van der Waals surface area contributed by atoms with Crippen LogP contribution in [-0.2, 0) is 45.6 Å². The summed E-state index contributed by atoms with van der Waals surface area (Å²) in [6, 6.07) is 39.8. The molecule has 4 aromatic carbocycles. The van der Waals surface area contributed by atoms with Crippen molar-refractivity contribution in [2.45, 2.75) is 73.7 Å². The van der Waals surface area contributed by atoms with Crippen molar-refractivity contribution in [2.24, 2.45) is 5.16 Å². The second-order valence-corrected chi connectivity index (χ2v) is 22.6. The Hall–Kier alpha value is -7.06. The van der Waals surface area contributed by atoms with E-state index < -0.39 is 51.9 Å². The predicted octanol–water partition coefficient (Wildman–Crippen LogP) is 9.59. The van der Waals surface area contributed by atoms with Crippen molar-refractivity contribution in [1.29, 1.82) is 0 Å². The largest absolute Gasteiger partial charge is 0.497 e. The van der Waals surface area contributed by atoms with Gasteiger partial charge in [0.1, 0.15) is 46.3 Å². The van der Waals surface area contributed by atoms with E-state index in [1.165, 1.54) is 64.9 Å². The Kier molecular flexibility index (Phi) is 15.0. The van der Waals surface area contributed by atoms with Gasteiger partial charge < -0.3 is 29.7 Å². The summed E-state index contributed by atoms with van der Waals surface area (Å²) in [6.45, 7) is 8.12. The minimum absolute atomic E-state index is 0.0522. The summed E-state index contributed by atoms with van der Waals surface area (Å²) in [5.74, 6) is -1.36. The van der Waals surface area contributed by atoms with Gasteiger partial charge in [0, 0.05) is 23.1 Å². The number of nitrogens with zero attached hydrogens (tertiary/aromatic N) is 5. The Morgan fingerprint density at radius 2 is 1.48 bits per heavy atom. The molecule has 19 heteroatoms. The second-order valence-electron chi connectivity index (χ2n) is 18.4. The molecule has 2 atom stereocenters. The molecule has 15 nitrogen and oxygen atoms in total.